The van der Waals surface area contributed by atoms with Crippen LogP contribution < -0.4 is 4.90 Å². The van der Waals surface area contributed by atoms with Gasteiger partial charge >= 0.3 is 0 Å². The van der Waals surface area contributed by atoms with Gasteiger partial charge in [0.05, 0.1) is 22.1 Å². The lowest BCUT2D eigenvalue weighted by Gasteiger charge is -2.32. The highest BCUT2D eigenvalue weighted by Crippen LogP contribution is 2.63. The first kappa shape index (κ1) is 35.5. The van der Waals surface area contributed by atoms with E-state index in [-0.39, 0.29) is 0 Å². The van der Waals surface area contributed by atoms with Crippen LogP contribution in [0.4, 0.5) is 17.1 Å². The van der Waals surface area contributed by atoms with Crippen LogP contribution in [-0.2, 0) is 5.41 Å². The summed E-state index contributed by atoms with van der Waals surface area (Å²) in [4.78, 5) is 2.46. The third kappa shape index (κ3) is 5.19. The minimum Gasteiger partial charge on any atom is -0.310 e. The Kier molecular flexibility index (Phi) is 7.85. The Bertz CT molecular complexity index is 3500. The Morgan fingerprint density at radius 1 is 0.302 bits per heavy atom. The number of rotatable bonds is 6. The van der Waals surface area contributed by atoms with E-state index in [0.717, 1.165) is 17.1 Å². The summed E-state index contributed by atoms with van der Waals surface area (Å²) in [6, 6.07) is 89.5. The Balaban J connectivity index is 0.996. The summed E-state index contributed by atoms with van der Waals surface area (Å²) in [6.07, 6.45) is 0. The molecule has 2 aliphatic carbocycles. The van der Waals surface area contributed by atoms with Crippen LogP contribution in [0.3, 0.4) is 0 Å². The average Bonchev–Trinajstić information content (AvgIpc) is 3.96. The van der Waals surface area contributed by atoms with Crippen molar-refractivity contribution in [3.8, 4) is 50.2 Å². The van der Waals surface area contributed by atoms with Crippen LogP contribution in [0.25, 0.3) is 72.0 Å². The smallest absolute Gasteiger partial charge is 0.0726 e. The third-order valence-electron chi connectivity index (χ3n) is 13.6. The van der Waals surface area contributed by atoms with Crippen LogP contribution >= 0.6 is 0 Å². The fraction of sp³-hybridized carbons (Fsp3) is 0.0164. The molecule has 2 nitrogen and oxygen atoms in total. The molecule has 13 rings (SSSR count). The Hall–Kier alpha value is -8.20. The molecule has 2 aliphatic rings. The maximum Gasteiger partial charge on any atom is 0.0726 e. The molecular weight excluding hydrogens is 761 g/mol. The van der Waals surface area contributed by atoms with E-state index >= 15 is 0 Å². The number of nitrogens with zero attached hydrogens (tertiary/aromatic N) is 2. The highest BCUT2D eigenvalue weighted by Gasteiger charge is 2.51. The summed E-state index contributed by atoms with van der Waals surface area (Å²) in [5, 5.41) is 2.50. The molecule has 0 atom stereocenters. The van der Waals surface area contributed by atoms with Gasteiger partial charge in [0.1, 0.15) is 0 Å². The standard InChI is InChI=1S/C61H40N2/c1-3-17-42(18-4-1)47-21-10-15-29-58(47)62(45-34-31-41(32-35-45)43-33-38-60-53(39-43)52-25-11-16-30-59(52)63(60)44-19-5-2-6-20-44)46-36-37-51-50-24-9-14-28-56(50)61(57(51)40-46)54-26-12-7-22-48(54)49-23-8-13-27-55(49)61/h1-40H. The van der Waals surface area contributed by atoms with Crippen molar-refractivity contribution in [1.29, 1.82) is 0 Å². The Labute approximate surface area is 367 Å². The Morgan fingerprint density at radius 3 is 1.49 bits per heavy atom. The molecule has 0 saturated carbocycles. The van der Waals surface area contributed by atoms with Crippen LogP contribution in [0.5, 0.6) is 0 Å². The number of benzene rings is 10. The molecule has 0 saturated heterocycles. The maximum absolute atomic E-state index is 2.49. The van der Waals surface area contributed by atoms with Crippen molar-refractivity contribution in [1.82, 2.24) is 4.57 Å². The summed E-state index contributed by atoms with van der Waals surface area (Å²) in [5.74, 6) is 0. The molecular formula is C61H40N2. The van der Waals surface area contributed by atoms with Crippen LogP contribution in [0.15, 0.2) is 243 Å². The highest BCUT2D eigenvalue weighted by molar-refractivity contribution is 6.10. The second-order valence-electron chi connectivity index (χ2n) is 16.8. The molecule has 0 unspecified atom stereocenters. The largest absolute Gasteiger partial charge is 0.310 e. The number of aromatic nitrogens is 1. The second kappa shape index (κ2) is 13.9. The summed E-state index contributed by atoms with van der Waals surface area (Å²) in [6.45, 7) is 0. The zero-order chi connectivity index (χ0) is 41.5. The monoisotopic (exact) mass is 800 g/mol. The van der Waals surface area contributed by atoms with Crippen molar-refractivity contribution in [3.63, 3.8) is 0 Å². The van der Waals surface area contributed by atoms with Crippen LogP contribution in [0, 0.1) is 0 Å². The topological polar surface area (TPSA) is 8.17 Å². The predicted molar refractivity (Wildman–Crippen MR) is 263 cm³/mol. The highest BCUT2D eigenvalue weighted by atomic mass is 15.1. The fourth-order valence-electron chi connectivity index (χ4n) is 11.0. The van der Waals surface area contributed by atoms with Crippen molar-refractivity contribution in [2.45, 2.75) is 5.41 Å². The molecule has 1 heterocycles. The molecule has 2 heteroatoms. The second-order valence-corrected chi connectivity index (χ2v) is 16.8. The lowest BCUT2D eigenvalue weighted by Crippen LogP contribution is -2.26. The molecule has 294 valence electrons. The number of fused-ring (bicyclic) bond motifs is 13. The van der Waals surface area contributed by atoms with Crippen molar-refractivity contribution < 1.29 is 0 Å². The van der Waals surface area contributed by atoms with Gasteiger partial charge in [0.15, 0.2) is 0 Å². The van der Waals surface area contributed by atoms with Gasteiger partial charge in [-0.2, -0.15) is 0 Å². The first-order chi connectivity index (χ1) is 31.3. The molecule has 0 bridgehead atoms. The Morgan fingerprint density at radius 2 is 0.810 bits per heavy atom. The number of hydrogen-bond donors (Lipinski definition) is 0. The van der Waals surface area contributed by atoms with Gasteiger partial charge in [0.2, 0.25) is 0 Å². The molecule has 11 aromatic rings. The van der Waals surface area contributed by atoms with Gasteiger partial charge in [0.25, 0.3) is 0 Å². The molecule has 1 spiro atoms. The molecule has 0 radical (unpaired) electrons. The van der Waals surface area contributed by atoms with E-state index in [0.29, 0.717) is 0 Å². The lowest BCUT2D eigenvalue weighted by atomic mass is 9.70. The van der Waals surface area contributed by atoms with Gasteiger partial charge in [-0.15, -0.1) is 0 Å². The van der Waals surface area contributed by atoms with Gasteiger partial charge in [-0.1, -0.05) is 182 Å². The van der Waals surface area contributed by atoms with E-state index in [1.54, 1.807) is 0 Å². The first-order valence-electron chi connectivity index (χ1n) is 21.8. The van der Waals surface area contributed by atoms with Crippen LogP contribution in [0.1, 0.15) is 22.3 Å². The molecule has 0 aliphatic heterocycles. The minimum atomic E-state index is -0.439. The van der Waals surface area contributed by atoms with Gasteiger partial charge in [-0.3, -0.25) is 0 Å². The minimum absolute atomic E-state index is 0.439. The normalized spacial score (nSPS) is 12.9. The van der Waals surface area contributed by atoms with Crippen LogP contribution in [0.2, 0.25) is 0 Å². The third-order valence-corrected chi connectivity index (χ3v) is 13.6. The van der Waals surface area contributed by atoms with E-state index in [1.165, 1.54) is 94.3 Å². The average molecular weight is 801 g/mol. The van der Waals surface area contributed by atoms with E-state index in [4.69, 9.17) is 0 Å². The van der Waals surface area contributed by atoms with Gasteiger partial charge in [-0.05, 0) is 122 Å². The van der Waals surface area contributed by atoms with Gasteiger partial charge < -0.3 is 9.47 Å². The van der Waals surface area contributed by atoms with E-state index in [1.807, 2.05) is 0 Å². The van der Waals surface area contributed by atoms with Gasteiger partial charge in [-0.25, -0.2) is 0 Å². The lowest BCUT2D eigenvalue weighted by molar-refractivity contribution is 0.793. The van der Waals surface area contributed by atoms with E-state index < -0.39 is 5.41 Å². The first-order valence-corrected chi connectivity index (χ1v) is 21.8. The maximum atomic E-state index is 2.49. The molecule has 0 fully saturated rings. The van der Waals surface area contributed by atoms with Gasteiger partial charge in [0, 0.05) is 33.4 Å². The van der Waals surface area contributed by atoms with Crippen molar-refractivity contribution >= 4 is 38.9 Å². The van der Waals surface area contributed by atoms with E-state index in [9.17, 15) is 0 Å². The van der Waals surface area contributed by atoms with Crippen molar-refractivity contribution in [3.05, 3.63) is 265 Å². The summed E-state index contributed by atoms with van der Waals surface area (Å²) < 4.78 is 2.38. The van der Waals surface area contributed by atoms with Crippen molar-refractivity contribution in [2.24, 2.45) is 0 Å². The SMILES string of the molecule is c1ccc(-c2ccccc2N(c2ccc(-c3ccc4c(c3)c3ccccc3n4-c3ccccc3)cc2)c2ccc3c(c2)C2(c4ccccc4-c4ccccc42)c2ccccc2-3)cc1. The number of anilines is 3. The zero-order valence-corrected chi connectivity index (χ0v) is 34.5. The van der Waals surface area contributed by atoms with E-state index in [2.05, 4.69) is 252 Å². The summed E-state index contributed by atoms with van der Waals surface area (Å²) >= 11 is 0. The van der Waals surface area contributed by atoms with Crippen molar-refractivity contribution in [2.75, 3.05) is 4.90 Å². The number of hydrogen-bond acceptors (Lipinski definition) is 1. The quantitative estimate of drug-likeness (QED) is 0.163. The molecule has 0 N–H and O–H groups in total. The zero-order valence-electron chi connectivity index (χ0n) is 34.5. The fourth-order valence-corrected chi connectivity index (χ4v) is 11.0. The molecule has 0 amide bonds. The van der Waals surface area contributed by atoms with Crippen LogP contribution in [-0.4, -0.2) is 4.57 Å². The molecule has 10 aromatic carbocycles. The molecule has 1 aromatic heterocycles. The summed E-state index contributed by atoms with van der Waals surface area (Å²) in [7, 11) is 0. The molecule has 63 heavy (non-hydrogen) atoms. The summed E-state index contributed by atoms with van der Waals surface area (Å²) in [5.41, 5.74) is 21.8. The predicted octanol–water partition coefficient (Wildman–Crippen LogP) is 15.9. The number of para-hydroxylation sites is 3.